The standard InChI is InChI=1S/C37H42B2O4/c1-33(2,40)35(5,6)42-38-23-17-19-31-27(21-23)28-22-24(39-43-36(7,8)34(3,4)41)18-20-32(28)37(31)29-15-11-9-13-25(29)26-14-10-12-16-30(26)37/h9-22,38-41H,1-8H3. The zero-order valence-electron chi connectivity index (χ0n) is 26.7. The molecule has 43 heavy (non-hydrogen) atoms. The van der Waals surface area contributed by atoms with E-state index in [1.54, 1.807) is 27.7 Å². The van der Waals surface area contributed by atoms with Crippen molar-refractivity contribution < 1.29 is 19.5 Å². The first-order chi connectivity index (χ1) is 20.1. The topological polar surface area (TPSA) is 58.9 Å². The predicted octanol–water partition coefficient (Wildman–Crippen LogP) is 5.12. The molecule has 2 N–H and O–H groups in total. The number of fused-ring (bicyclic) bond motifs is 10. The minimum atomic E-state index is -0.983. The Morgan fingerprint density at radius 3 is 1.21 bits per heavy atom. The summed E-state index contributed by atoms with van der Waals surface area (Å²) in [5, 5.41) is 21.3. The van der Waals surface area contributed by atoms with Gasteiger partial charge in [-0.1, -0.05) is 95.9 Å². The molecule has 4 aromatic carbocycles. The second-order valence-corrected chi connectivity index (χ2v) is 14.3. The molecule has 0 amide bonds. The summed E-state index contributed by atoms with van der Waals surface area (Å²) in [6.45, 7) is 14.9. The van der Waals surface area contributed by atoms with E-state index in [0.717, 1.165) is 10.9 Å². The molecule has 0 aliphatic heterocycles. The fourth-order valence-electron chi connectivity index (χ4n) is 6.30. The molecular weight excluding hydrogens is 530 g/mol. The van der Waals surface area contributed by atoms with Crippen LogP contribution in [0.5, 0.6) is 0 Å². The number of benzene rings is 4. The van der Waals surface area contributed by atoms with Gasteiger partial charge in [0.05, 0.1) is 27.8 Å². The summed E-state index contributed by atoms with van der Waals surface area (Å²) in [5.41, 5.74) is 8.35. The van der Waals surface area contributed by atoms with E-state index in [-0.39, 0.29) is 0 Å². The van der Waals surface area contributed by atoms with E-state index in [1.165, 1.54) is 44.5 Å². The van der Waals surface area contributed by atoms with Crippen molar-refractivity contribution in [1.82, 2.24) is 0 Å². The van der Waals surface area contributed by atoms with Gasteiger partial charge in [-0.25, -0.2) is 0 Å². The van der Waals surface area contributed by atoms with Gasteiger partial charge in [0.1, 0.15) is 0 Å². The average molecular weight is 572 g/mol. The normalized spacial score (nSPS) is 15.1. The second-order valence-electron chi connectivity index (χ2n) is 14.3. The Kier molecular flexibility index (Phi) is 6.91. The summed E-state index contributed by atoms with van der Waals surface area (Å²) in [6, 6.07) is 31.0. The van der Waals surface area contributed by atoms with Crippen molar-refractivity contribution in [3.63, 3.8) is 0 Å². The average Bonchev–Trinajstić information content (AvgIpc) is 3.40. The molecule has 0 bridgehead atoms. The Hall–Kier alpha value is -3.15. The number of hydrogen-bond donors (Lipinski definition) is 2. The Labute approximate surface area is 257 Å². The summed E-state index contributed by atoms with van der Waals surface area (Å²) >= 11 is 0. The van der Waals surface area contributed by atoms with Crippen molar-refractivity contribution in [1.29, 1.82) is 0 Å². The van der Waals surface area contributed by atoms with E-state index in [2.05, 4.69) is 84.9 Å². The van der Waals surface area contributed by atoms with Gasteiger partial charge in [-0.05, 0) is 99.9 Å². The van der Waals surface area contributed by atoms with Crippen molar-refractivity contribution in [2.24, 2.45) is 0 Å². The van der Waals surface area contributed by atoms with Crippen molar-refractivity contribution in [3.05, 3.63) is 107 Å². The molecule has 0 atom stereocenters. The van der Waals surface area contributed by atoms with E-state index >= 15 is 0 Å². The van der Waals surface area contributed by atoms with Crippen LogP contribution in [0.25, 0.3) is 22.3 Å². The Bertz CT molecular complexity index is 1580. The molecule has 0 aromatic heterocycles. The maximum atomic E-state index is 10.7. The Morgan fingerprint density at radius 2 is 0.837 bits per heavy atom. The van der Waals surface area contributed by atoms with Crippen LogP contribution in [0.1, 0.15) is 77.6 Å². The highest BCUT2D eigenvalue weighted by Crippen LogP contribution is 2.62. The van der Waals surface area contributed by atoms with Crippen LogP contribution in [-0.2, 0) is 14.7 Å². The van der Waals surface area contributed by atoms with Crippen LogP contribution >= 0.6 is 0 Å². The lowest BCUT2D eigenvalue weighted by Gasteiger charge is -2.37. The zero-order chi connectivity index (χ0) is 31.0. The summed E-state index contributed by atoms with van der Waals surface area (Å²) in [4.78, 5) is 0. The first-order valence-electron chi connectivity index (χ1n) is 15.3. The van der Waals surface area contributed by atoms with Gasteiger partial charge in [-0.3, -0.25) is 0 Å². The Balaban J connectivity index is 1.51. The van der Waals surface area contributed by atoms with Gasteiger partial charge in [0.15, 0.2) is 0 Å². The van der Waals surface area contributed by atoms with E-state index in [4.69, 9.17) is 9.31 Å². The van der Waals surface area contributed by atoms with Gasteiger partial charge in [0.2, 0.25) is 0 Å². The monoisotopic (exact) mass is 572 g/mol. The molecule has 0 unspecified atom stereocenters. The molecule has 6 heteroatoms. The molecule has 0 radical (unpaired) electrons. The first-order valence-corrected chi connectivity index (χ1v) is 15.3. The van der Waals surface area contributed by atoms with Crippen LogP contribution < -0.4 is 10.9 Å². The van der Waals surface area contributed by atoms with E-state index in [9.17, 15) is 10.2 Å². The SMILES string of the molecule is CC(C)(O)C(C)(C)OBc1ccc2c(c1)-c1cc(BOC(C)(C)C(C)(C)O)ccc1C21c2ccccc2-c2ccccc21. The predicted molar refractivity (Wildman–Crippen MR) is 179 cm³/mol. The summed E-state index contributed by atoms with van der Waals surface area (Å²) in [5.74, 6) is 0. The quantitative estimate of drug-likeness (QED) is 0.249. The van der Waals surface area contributed by atoms with Crippen molar-refractivity contribution >= 4 is 25.9 Å². The van der Waals surface area contributed by atoms with Crippen LogP contribution in [0.4, 0.5) is 0 Å². The molecule has 0 fully saturated rings. The molecule has 2 aliphatic carbocycles. The molecule has 0 heterocycles. The summed E-state index contributed by atoms with van der Waals surface area (Å²) in [6.07, 6.45) is 0. The van der Waals surface area contributed by atoms with Crippen LogP contribution in [-0.4, -0.2) is 47.6 Å². The van der Waals surface area contributed by atoms with Crippen LogP contribution in [0.2, 0.25) is 0 Å². The van der Waals surface area contributed by atoms with Gasteiger partial charge in [-0.2, -0.15) is 0 Å². The van der Waals surface area contributed by atoms with Gasteiger partial charge in [0, 0.05) is 0 Å². The molecule has 6 rings (SSSR count). The molecular formula is C37H42B2O4. The minimum absolute atomic E-state index is 0.391. The third-order valence-corrected chi connectivity index (χ3v) is 10.4. The zero-order valence-corrected chi connectivity index (χ0v) is 26.7. The maximum Gasteiger partial charge on any atom is 0.309 e. The highest BCUT2D eigenvalue weighted by Gasteiger charge is 2.51. The van der Waals surface area contributed by atoms with Crippen LogP contribution in [0, 0.1) is 0 Å². The third-order valence-electron chi connectivity index (χ3n) is 10.4. The molecule has 0 saturated carbocycles. The maximum absolute atomic E-state index is 10.7. The smallest absolute Gasteiger partial charge is 0.309 e. The highest BCUT2D eigenvalue weighted by molar-refractivity contribution is 6.48. The second kappa shape index (κ2) is 9.93. The largest absolute Gasteiger partial charge is 0.427 e. The number of rotatable bonds is 8. The summed E-state index contributed by atoms with van der Waals surface area (Å²) in [7, 11) is 0.782. The lowest BCUT2D eigenvalue weighted by molar-refractivity contribution is -0.0893. The molecule has 2 aliphatic rings. The molecule has 4 nitrogen and oxygen atoms in total. The van der Waals surface area contributed by atoms with E-state index in [1.807, 2.05) is 27.7 Å². The summed E-state index contributed by atoms with van der Waals surface area (Å²) < 4.78 is 12.6. The van der Waals surface area contributed by atoms with Crippen LogP contribution in [0.15, 0.2) is 84.9 Å². The van der Waals surface area contributed by atoms with Gasteiger partial charge >= 0.3 is 15.0 Å². The molecule has 4 aromatic rings. The van der Waals surface area contributed by atoms with Gasteiger partial charge < -0.3 is 19.5 Å². The fraction of sp³-hybridized carbons (Fsp3) is 0.351. The number of aliphatic hydroxyl groups is 2. The van der Waals surface area contributed by atoms with Gasteiger partial charge in [0.25, 0.3) is 0 Å². The Morgan fingerprint density at radius 1 is 0.488 bits per heavy atom. The highest BCUT2D eigenvalue weighted by atomic mass is 16.5. The minimum Gasteiger partial charge on any atom is -0.427 e. The van der Waals surface area contributed by atoms with Crippen molar-refractivity contribution in [2.75, 3.05) is 0 Å². The fourth-order valence-corrected chi connectivity index (χ4v) is 6.30. The van der Waals surface area contributed by atoms with Crippen LogP contribution in [0.3, 0.4) is 0 Å². The molecule has 220 valence electrons. The van der Waals surface area contributed by atoms with E-state index in [0.29, 0.717) is 15.0 Å². The lowest BCUT2D eigenvalue weighted by Crippen LogP contribution is -2.49. The molecule has 1 spiro atoms. The third kappa shape index (κ3) is 4.62. The first kappa shape index (κ1) is 29.9. The van der Waals surface area contributed by atoms with Gasteiger partial charge in [-0.15, -0.1) is 0 Å². The number of hydrogen-bond acceptors (Lipinski definition) is 4. The van der Waals surface area contributed by atoms with Crippen molar-refractivity contribution in [2.45, 2.75) is 83.2 Å². The van der Waals surface area contributed by atoms with Crippen molar-refractivity contribution in [3.8, 4) is 22.3 Å². The lowest BCUT2D eigenvalue weighted by atomic mass is 9.69. The molecule has 0 saturated heterocycles. The van der Waals surface area contributed by atoms with E-state index < -0.39 is 27.8 Å².